The van der Waals surface area contributed by atoms with E-state index in [1.165, 1.54) is 0 Å². The van der Waals surface area contributed by atoms with E-state index in [-0.39, 0.29) is 11.5 Å². The van der Waals surface area contributed by atoms with Crippen LogP contribution in [0.1, 0.15) is 11.1 Å². The fourth-order valence-electron chi connectivity index (χ4n) is 3.88. The van der Waals surface area contributed by atoms with E-state index in [4.69, 9.17) is 4.74 Å². The maximum absolute atomic E-state index is 11.6. The number of benzene rings is 2. The zero-order valence-electron chi connectivity index (χ0n) is 17.6. The molecule has 0 saturated carbocycles. The van der Waals surface area contributed by atoms with Crippen LogP contribution in [0.2, 0.25) is 0 Å². The highest BCUT2D eigenvalue weighted by Gasteiger charge is 2.25. The Hall–Kier alpha value is -3.07. The quantitative estimate of drug-likeness (QED) is 0.421. The largest absolute Gasteiger partial charge is 0.615 e. The molecule has 0 atom stereocenters. The number of sulfone groups is 1. The average molecular weight is 449 g/mol. The molecule has 1 aliphatic heterocycles. The van der Waals surface area contributed by atoms with Crippen LogP contribution in [-0.2, 0) is 27.6 Å². The summed E-state index contributed by atoms with van der Waals surface area (Å²) in [5, 5.41) is 0. The summed E-state index contributed by atoms with van der Waals surface area (Å²) in [6.07, 6.45) is 5.43. The Bertz CT molecular complexity index is 1250. The third kappa shape index (κ3) is 4.57. The van der Waals surface area contributed by atoms with Crippen molar-refractivity contribution in [3.63, 3.8) is 0 Å². The summed E-state index contributed by atoms with van der Waals surface area (Å²) < 4.78 is 31.2. The zero-order valence-corrected chi connectivity index (χ0v) is 18.4. The topological polar surface area (TPSA) is 82.8 Å². The van der Waals surface area contributed by atoms with Crippen LogP contribution >= 0.6 is 0 Å². The van der Waals surface area contributed by atoms with Gasteiger partial charge >= 0.3 is 0 Å². The maximum Gasteiger partial charge on any atom is 0.258 e. The van der Waals surface area contributed by atoms with E-state index in [1.807, 2.05) is 47.1 Å². The Kier molecular flexibility index (Phi) is 5.73. The van der Waals surface area contributed by atoms with E-state index in [0.717, 1.165) is 28.9 Å². The van der Waals surface area contributed by atoms with Crippen molar-refractivity contribution in [3.8, 4) is 17.1 Å². The van der Waals surface area contributed by atoms with Crippen molar-refractivity contribution < 1.29 is 13.5 Å². The summed E-state index contributed by atoms with van der Waals surface area (Å²) in [5.41, 5.74) is 4.92. The summed E-state index contributed by atoms with van der Waals surface area (Å²) in [5.74, 6) is 0.991. The fourth-order valence-corrected chi connectivity index (χ4v) is 5.16. The van der Waals surface area contributed by atoms with Crippen molar-refractivity contribution in [2.45, 2.75) is 13.2 Å². The van der Waals surface area contributed by atoms with Crippen molar-refractivity contribution >= 4 is 15.9 Å². The van der Waals surface area contributed by atoms with E-state index >= 15 is 0 Å². The Morgan fingerprint density at radius 1 is 0.969 bits per heavy atom. The molecule has 8 heteroatoms. The number of fused-ring (bicyclic) bond motifs is 1. The molecule has 32 heavy (non-hydrogen) atoms. The summed E-state index contributed by atoms with van der Waals surface area (Å²) in [4.78, 5) is 11.1. The van der Waals surface area contributed by atoms with Crippen LogP contribution in [0.5, 0.6) is 5.88 Å². The normalized spacial score (nSPS) is 16.3. The van der Waals surface area contributed by atoms with Gasteiger partial charge in [-0.1, -0.05) is 54.6 Å². The van der Waals surface area contributed by atoms with Crippen LogP contribution in [0.4, 0.5) is 0 Å². The van der Waals surface area contributed by atoms with E-state index in [1.54, 1.807) is 6.20 Å². The molecule has 0 unspecified atom stereocenters. The Labute approximate surface area is 188 Å². The third-order valence-electron chi connectivity index (χ3n) is 5.71. The van der Waals surface area contributed by atoms with Crippen LogP contribution in [0.3, 0.4) is 0 Å². The van der Waals surface area contributed by atoms with Gasteiger partial charge in [0.25, 0.3) is 5.88 Å². The lowest BCUT2D eigenvalue weighted by atomic mass is 10.1. The number of imidazole rings is 1. The molecule has 1 aliphatic rings. The summed E-state index contributed by atoms with van der Waals surface area (Å²) >= 11 is 0. The van der Waals surface area contributed by atoms with Crippen molar-refractivity contribution in [1.82, 2.24) is 19.3 Å². The van der Waals surface area contributed by atoms with Gasteiger partial charge in [-0.15, -0.1) is 4.21 Å². The van der Waals surface area contributed by atoms with Crippen molar-refractivity contribution in [1.29, 1.82) is 0 Å². The number of hydrogen-bond donors (Lipinski definition) is 0. The molecule has 3 heterocycles. The van der Waals surface area contributed by atoms with Gasteiger partial charge in [-0.05, 0) is 11.1 Å². The lowest BCUT2D eigenvalue weighted by Crippen LogP contribution is -2.42. The average Bonchev–Trinajstić information content (AvgIpc) is 3.25. The predicted molar refractivity (Wildman–Crippen MR) is 123 cm³/mol. The van der Waals surface area contributed by atoms with Crippen molar-refractivity contribution in [3.05, 3.63) is 84.3 Å². The molecule has 1 saturated heterocycles. The predicted octanol–water partition coefficient (Wildman–Crippen LogP) is 3.42. The second-order valence-electron chi connectivity index (χ2n) is 7.97. The molecule has 2 aromatic carbocycles. The second-order valence-corrected chi connectivity index (χ2v) is 10.3. The van der Waals surface area contributed by atoms with E-state index in [9.17, 15) is 8.76 Å². The molecule has 0 radical (unpaired) electrons. The van der Waals surface area contributed by atoms with Gasteiger partial charge in [0.1, 0.15) is 18.1 Å². The smallest absolute Gasteiger partial charge is 0.258 e. The molecular formula is C24H24N4O3S. The molecule has 2 aromatic heterocycles. The Balaban J connectivity index is 1.31. The van der Waals surface area contributed by atoms with Crippen LogP contribution in [0, 0.1) is 0 Å². The van der Waals surface area contributed by atoms with Gasteiger partial charge in [-0.3, -0.25) is 9.30 Å². The number of ether oxygens (including phenoxy) is 1. The molecule has 0 amide bonds. The van der Waals surface area contributed by atoms with Gasteiger partial charge in [-0.25, -0.2) is 9.97 Å². The summed E-state index contributed by atoms with van der Waals surface area (Å²) in [6, 6.07) is 18.3. The van der Waals surface area contributed by atoms with Gasteiger partial charge in [-0.2, -0.15) is 0 Å². The van der Waals surface area contributed by atoms with Gasteiger partial charge in [0.15, 0.2) is 0 Å². The molecule has 5 rings (SSSR count). The first-order valence-corrected chi connectivity index (χ1v) is 12.4. The van der Waals surface area contributed by atoms with Gasteiger partial charge < -0.3 is 9.29 Å². The lowest BCUT2D eigenvalue weighted by Gasteiger charge is -2.29. The molecule has 4 aromatic rings. The second kappa shape index (κ2) is 8.82. The minimum absolute atomic E-state index is 0.246. The Morgan fingerprint density at radius 2 is 1.72 bits per heavy atom. The summed E-state index contributed by atoms with van der Waals surface area (Å²) in [6.45, 7) is 2.37. The number of rotatable bonds is 6. The first-order valence-electron chi connectivity index (χ1n) is 10.6. The minimum Gasteiger partial charge on any atom is -0.615 e. The van der Waals surface area contributed by atoms with Gasteiger partial charge in [0.05, 0.1) is 11.9 Å². The maximum atomic E-state index is 11.6. The zero-order chi connectivity index (χ0) is 22.0. The molecule has 164 valence electrons. The highest BCUT2D eigenvalue weighted by atomic mass is 32.3. The highest BCUT2D eigenvalue weighted by Crippen LogP contribution is 2.25. The summed E-state index contributed by atoms with van der Waals surface area (Å²) in [7, 11) is -2.86. The fraction of sp³-hybridized carbons (Fsp3) is 0.250. The van der Waals surface area contributed by atoms with Gasteiger partial charge in [0.2, 0.25) is 5.65 Å². The SMILES string of the molecule is O=[S+]1([O-])CCN(Cc2ccc(-c3cnc4c(OCc5ccccc5)nccn34)cc2)CC1. The molecule has 7 nitrogen and oxygen atoms in total. The highest BCUT2D eigenvalue weighted by molar-refractivity contribution is 7.97. The molecule has 0 bridgehead atoms. The molecular weight excluding hydrogens is 424 g/mol. The van der Waals surface area contributed by atoms with E-state index in [0.29, 0.717) is 31.2 Å². The molecule has 1 fully saturated rings. The van der Waals surface area contributed by atoms with Crippen LogP contribution in [0.25, 0.3) is 16.9 Å². The first-order chi connectivity index (χ1) is 15.6. The Morgan fingerprint density at radius 3 is 2.47 bits per heavy atom. The standard InChI is InChI=1S/C24H24N4O3S/c29-32(30)14-12-27(13-15-32)17-19-6-8-21(9-7-19)22-16-26-23-24(25-10-11-28(22)23)31-18-20-4-2-1-3-5-20/h1-11,16H,12-15,17-18H2. The van der Waals surface area contributed by atoms with E-state index < -0.39 is 10.2 Å². The molecule has 0 aliphatic carbocycles. The van der Waals surface area contributed by atoms with Crippen molar-refractivity contribution in [2.75, 3.05) is 24.6 Å². The first kappa shape index (κ1) is 20.8. The van der Waals surface area contributed by atoms with E-state index in [2.05, 4.69) is 39.1 Å². The van der Waals surface area contributed by atoms with Crippen LogP contribution in [-0.4, -0.2) is 48.4 Å². The monoisotopic (exact) mass is 448 g/mol. The number of nitrogens with zero attached hydrogens (tertiary/aromatic N) is 4. The molecule has 0 N–H and O–H groups in total. The van der Waals surface area contributed by atoms with Crippen molar-refractivity contribution in [2.24, 2.45) is 0 Å². The van der Waals surface area contributed by atoms with Crippen LogP contribution < -0.4 is 4.74 Å². The number of aromatic nitrogens is 3. The lowest BCUT2D eigenvalue weighted by molar-refractivity contribution is 0.280. The number of hydrogen-bond acceptors (Lipinski definition) is 6. The van der Waals surface area contributed by atoms with Crippen LogP contribution in [0.15, 0.2) is 73.2 Å². The van der Waals surface area contributed by atoms with Gasteiger partial charge in [0, 0.05) is 47.8 Å². The minimum atomic E-state index is -2.86. The molecule has 0 spiro atoms. The third-order valence-corrected chi connectivity index (χ3v) is 7.32.